The molecule has 6 heteroatoms. The third kappa shape index (κ3) is 4.32. The molecule has 33 heavy (non-hydrogen) atoms. The Morgan fingerprint density at radius 2 is 1.52 bits per heavy atom. The van der Waals surface area contributed by atoms with E-state index in [0.717, 1.165) is 11.3 Å². The number of nitrogens with zero attached hydrogens (tertiary/aromatic N) is 2. The van der Waals surface area contributed by atoms with Crippen LogP contribution in [0, 0.1) is 0 Å². The lowest BCUT2D eigenvalue weighted by atomic mass is 10.0. The molecule has 0 radical (unpaired) electrons. The van der Waals surface area contributed by atoms with E-state index < -0.39 is 0 Å². The summed E-state index contributed by atoms with van der Waals surface area (Å²) in [5, 5.41) is 0. The number of hydrogen-bond donors (Lipinski definition) is 0. The van der Waals surface area contributed by atoms with E-state index in [1.165, 1.54) is 4.90 Å². The lowest BCUT2D eigenvalue weighted by Crippen LogP contribution is -2.33. The second-order valence-corrected chi connectivity index (χ2v) is 7.58. The third-order valence-corrected chi connectivity index (χ3v) is 5.60. The lowest BCUT2D eigenvalue weighted by molar-refractivity contribution is -0.137. The minimum absolute atomic E-state index is 0.119. The maximum Gasteiger partial charge on any atom is 0.278 e. The zero-order chi connectivity index (χ0) is 23.4. The van der Waals surface area contributed by atoms with E-state index >= 15 is 0 Å². The van der Waals surface area contributed by atoms with Gasteiger partial charge in [0.1, 0.15) is 17.2 Å². The summed E-state index contributed by atoms with van der Waals surface area (Å²) in [4.78, 5) is 30.3. The van der Waals surface area contributed by atoms with Gasteiger partial charge in [0.05, 0.1) is 25.8 Å². The fourth-order valence-corrected chi connectivity index (χ4v) is 3.95. The van der Waals surface area contributed by atoms with Crippen molar-refractivity contribution < 1.29 is 19.1 Å². The quantitative estimate of drug-likeness (QED) is 0.481. The molecular weight excluding hydrogens is 416 g/mol. The number of ether oxygens (including phenoxy) is 2. The molecule has 1 heterocycles. The SMILES string of the molecule is CCOc1ccc(C2=C(N(C)c3ccccc3)C(=O)N(Cc3ccccc3OC)C2=O)cc1. The molecule has 168 valence electrons. The summed E-state index contributed by atoms with van der Waals surface area (Å²) in [6.45, 7) is 2.58. The molecule has 3 aromatic rings. The van der Waals surface area contributed by atoms with Crippen molar-refractivity contribution in [2.75, 3.05) is 25.7 Å². The molecule has 0 atom stereocenters. The van der Waals surface area contributed by atoms with Gasteiger partial charge in [-0.1, -0.05) is 48.5 Å². The van der Waals surface area contributed by atoms with Crippen LogP contribution >= 0.6 is 0 Å². The summed E-state index contributed by atoms with van der Waals surface area (Å²) in [6.07, 6.45) is 0. The number of para-hydroxylation sites is 2. The van der Waals surface area contributed by atoms with Gasteiger partial charge in [0.25, 0.3) is 11.8 Å². The highest BCUT2D eigenvalue weighted by Gasteiger charge is 2.41. The predicted octanol–water partition coefficient (Wildman–Crippen LogP) is 4.51. The van der Waals surface area contributed by atoms with Crippen LogP contribution in [0.4, 0.5) is 5.69 Å². The predicted molar refractivity (Wildman–Crippen MR) is 128 cm³/mol. The molecule has 0 unspecified atom stereocenters. The standard InChI is InChI=1S/C27H26N2O4/c1-4-33-22-16-14-19(15-17-22)24-25(28(2)21-11-6-5-7-12-21)27(31)29(26(24)30)18-20-10-8-9-13-23(20)32-3/h5-17H,4,18H2,1-3H3. The zero-order valence-corrected chi connectivity index (χ0v) is 18.9. The van der Waals surface area contributed by atoms with Crippen LogP contribution in [0.15, 0.2) is 84.6 Å². The van der Waals surface area contributed by atoms with Crippen molar-refractivity contribution in [3.63, 3.8) is 0 Å². The Balaban J connectivity index is 1.77. The monoisotopic (exact) mass is 442 g/mol. The van der Waals surface area contributed by atoms with Gasteiger partial charge in [-0.2, -0.15) is 0 Å². The number of carbonyl (C=O) groups excluding carboxylic acids is 2. The fourth-order valence-electron chi connectivity index (χ4n) is 3.95. The molecule has 6 nitrogen and oxygen atoms in total. The summed E-state index contributed by atoms with van der Waals surface area (Å²) in [5.74, 6) is 0.655. The Hall–Kier alpha value is -4.06. The molecule has 1 aliphatic rings. The minimum atomic E-state index is -0.346. The van der Waals surface area contributed by atoms with Crippen LogP contribution in [-0.2, 0) is 16.1 Å². The first kappa shape index (κ1) is 22.1. The molecule has 0 saturated heterocycles. The first-order valence-corrected chi connectivity index (χ1v) is 10.8. The number of hydrogen-bond acceptors (Lipinski definition) is 5. The van der Waals surface area contributed by atoms with E-state index in [2.05, 4.69) is 0 Å². The summed E-state index contributed by atoms with van der Waals surface area (Å²) in [6, 6.07) is 24.2. The Bertz CT molecular complexity index is 1190. The number of benzene rings is 3. The van der Waals surface area contributed by atoms with Crippen molar-refractivity contribution in [2.24, 2.45) is 0 Å². The fraction of sp³-hybridized carbons (Fsp3) is 0.185. The van der Waals surface area contributed by atoms with E-state index in [1.807, 2.05) is 85.8 Å². The van der Waals surface area contributed by atoms with E-state index in [-0.39, 0.29) is 18.4 Å². The van der Waals surface area contributed by atoms with Crippen molar-refractivity contribution >= 4 is 23.1 Å². The first-order chi connectivity index (χ1) is 16.0. The van der Waals surface area contributed by atoms with Gasteiger partial charge < -0.3 is 14.4 Å². The highest BCUT2D eigenvalue weighted by molar-refractivity contribution is 6.36. The normalized spacial score (nSPS) is 13.5. The molecule has 0 spiro atoms. The Kier molecular flexibility index (Phi) is 6.45. The van der Waals surface area contributed by atoms with E-state index in [9.17, 15) is 9.59 Å². The molecule has 1 aliphatic heterocycles. The van der Waals surface area contributed by atoms with Crippen molar-refractivity contribution in [3.8, 4) is 11.5 Å². The number of likely N-dealkylation sites (N-methyl/N-ethyl adjacent to an activating group) is 1. The van der Waals surface area contributed by atoms with Gasteiger partial charge in [-0.05, 0) is 42.8 Å². The molecule has 0 aliphatic carbocycles. The van der Waals surface area contributed by atoms with Gasteiger partial charge in [0.15, 0.2) is 0 Å². The highest BCUT2D eigenvalue weighted by atomic mass is 16.5. The van der Waals surface area contributed by atoms with E-state index in [1.54, 1.807) is 19.1 Å². The largest absolute Gasteiger partial charge is 0.496 e. The van der Waals surface area contributed by atoms with Gasteiger partial charge in [-0.15, -0.1) is 0 Å². The maximum absolute atomic E-state index is 13.6. The molecule has 0 fully saturated rings. The summed E-state index contributed by atoms with van der Waals surface area (Å²) in [5.41, 5.74) is 2.94. The van der Waals surface area contributed by atoms with Gasteiger partial charge in [0.2, 0.25) is 0 Å². The molecule has 3 aromatic carbocycles. The molecule has 0 aromatic heterocycles. The van der Waals surface area contributed by atoms with Gasteiger partial charge in [-0.25, -0.2) is 0 Å². The number of anilines is 1. The summed E-state index contributed by atoms with van der Waals surface area (Å²) >= 11 is 0. The average molecular weight is 443 g/mol. The minimum Gasteiger partial charge on any atom is -0.496 e. The Morgan fingerprint density at radius 3 is 2.18 bits per heavy atom. The lowest BCUT2D eigenvalue weighted by Gasteiger charge is -2.22. The second-order valence-electron chi connectivity index (χ2n) is 7.58. The van der Waals surface area contributed by atoms with Gasteiger partial charge in [0, 0.05) is 18.3 Å². The number of methoxy groups -OCH3 is 1. The molecule has 0 bridgehead atoms. The van der Waals surface area contributed by atoms with Crippen LogP contribution in [0.5, 0.6) is 11.5 Å². The number of imide groups is 1. The number of rotatable bonds is 8. The van der Waals surface area contributed by atoms with Crippen LogP contribution < -0.4 is 14.4 Å². The number of amides is 2. The topological polar surface area (TPSA) is 59.1 Å². The van der Waals surface area contributed by atoms with Crippen molar-refractivity contribution in [2.45, 2.75) is 13.5 Å². The summed E-state index contributed by atoms with van der Waals surface area (Å²) < 4.78 is 11.0. The van der Waals surface area contributed by atoms with Crippen molar-refractivity contribution in [3.05, 3.63) is 95.7 Å². The third-order valence-electron chi connectivity index (χ3n) is 5.60. The molecule has 0 N–H and O–H groups in total. The van der Waals surface area contributed by atoms with Crippen LogP contribution in [0.1, 0.15) is 18.1 Å². The van der Waals surface area contributed by atoms with E-state index in [4.69, 9.17) is 9.47 Å². The Labute approximate surface area is 193 Å². The zero-order valence-electron chi connectivity index (χ0n) is 18.9. The maximum atomic E-state index is 13.6. The summed E-state index contributed by atoms with van der Waals surface area (Å²) in [7, 11) is 3.38. The molecule has 0 saturated carbocycles. The van der Waals surface area contributed by atoms with Crippen LogP contribution in [0.25, 0.3) is 5.57 Å². The highest BCUT2D eigenvalue weighted by Crippen LogP contribution is 2.35. The molecule has 2 amide bonds. The molecular formula is C27H26N2O4. The molecule has 4 rings (SSSR count). The van der Waals surface area contributed by atoms with Crippen molar-refractivity contribution in [1.82, 2.24) is 4.90 Å². The second kappa shape index (κ2) is 9.61. The van der Waals surface area contributed by atoms with Crippen LogP contribution in [0.2, 0.25) is 0 Å². The Morgan fingerprint density at radius 1 is 0.848 bits per heavy atom. The van der Waals surface area contributed by atoms with Crippen LogP contribution in [-0.4, -0.2) is 37.5 Å². The van der Waals surface area contributed by atoms with Gasteiger partial charge in [-0.3, -0.25) is 14.5 Å². The van der Waals surface area contributed by atoms with Crippen molar-refractivity contribution in [1.29, 1.82) is 0 Å². The first-order valence-electron chi connectivity index (χ1n) is 10.8. The van der Waals surface area contributed by atoms with Crippen LogP contribution in [0.3, 0.4) is 0 Å². The number of carbonyl (C=O) groups is 2. The van der Waals surface area contributed by atoms with Gasteiger partial charge >= 0.3 is 0 Å². The van der Waals surface area contributed by atoms with E-state index in [0.29, 0.717) is 34.9 Å². The smallest absolute Gasteiger partial charge is 0.278 e. The average Bonchev–Trinajstić information content (AvgIpc) is 3.10.